The van der Waals surface area contributed by atoms with Crippen LogP contribution in [0.1, 0.15) is 26.3 Å². The van der Waals surface area contributed by atoms with E-state index in [1.165, 1.54) is 11.1 Å². The molecule has 0 saturated heterocycles. The fraction of sp³-hybridized carbons (Fsp3) is 0.192. The zero-order valence-corrected chi connectivity index (χ0v) is 18.4. The van der Waals surface area contributed by atoms with E-state index in [1.54, 1.807) is 55.8 Å². The molecule has 3 aromatic carbocycles. The van der Waals surface area contributed by atoms with E-state index >= 15 is 0 Å². The molecule has 0 atom stereocenters. The van der Waals surface area contributed by atoms with Gasteiger partial charge in [-0.2, -0.15) is 18.2 Å². The Hall–Kier alpha value is -3.74. The maximum atomic E-state index is 13.4. The summed E-state index contributed by atoms with van der Waals surface area (Å²) in [4.78, 5) is 13.4. The highest BCUT2D eigenvalue weighted by atomic mass is 19.4. The molecular weight excluding hydrogens is 429 g/mol. The summed E-state index contributed by atoms with van der Waals surface area (Å²) in [6, 6.07) is 23.2. The number of anilines is 1. The van der Waals surface area contributed by atoms with E-state index in [-0.39, 0.29) is 0 Å². The number of hydrogen-bond acceptors (Lipinski definition) is 2. The molecule has 0 unspecified atom stereocenters. The van der Waals surface area contributed by atoms with Crippen LogP contribution in [-0.4, -0.2) is 16.4 Å². The van der Waals surface area contributed by atoms with Gasteiger partial charge in [-0.15, -0.1) is 0 Å². The quantitative estimate of drug-likeness (QED) is 0.322. The minimum absolute atomic E-state index is 0.355. The fourth-order valence-electron chi connectivity index (χ4n) is 3.58. The summed E-state index contributed by atoms with van der Waals surface area (Å²) in [5, 5.41) is 1.71. The molecule has 0 N–H and O–H groups in total. The van der Waals surface area contributed by atoms with Gasteiger partial charge in [-0.25, -0.2) is 9.47 Å². The number of aromatic nitrogens is 1. The lowest BCUT2D eigenvalue weighted by Crippen LogP contribution is -2.40. The van der Waals surface area contributed by atoms with Crippen LogP contribution in [0.2, 0.25) is 0 Å². The molecule has 1 aromatic heterocycles. The van der Waals surface area contributed by atoms with Crippen molar-refractivity contribution in [1.82, 2.24) is 4.68 Å². The second kappa shape index (κ2) is 8.31. The van der Waals surface area contributed by atoms with Crippen LogP contribution in [0.4, 0.5) is 23.7 Å². The molecule has 0 fully saturated rings. The van der Waals surface area contributed by atoms with Crippen molar-refractivity contribution in [3.8, 4) is 11.3 Å². The van der Waals surface area contributed by atoms with E-state index in [9.17, 15) is 18.0 Å². The average molecular weight is 452 g/mol. The van der Waals surface area contributed by atoms with Crippen molar-refractivity contribution < 1.29 is 22.7 Å². The van der Waals surface area contributed by atoms with Gasteiger partial charge in [0.2, 0.25) is 0 Å². The van der Waals surface area contributed by atoms with Crippen molar-refractivity contribution in [2.45, 2.75) is 32.5 Å². The lowest BCUT2D eigenvalue weighted by atomic mass is 10.1. The molecule has 0 radical (unpaired) electrons. The predicted molar refractivity (Wildman–Crippen MR) is 123 cm³/mol. The molecule has 0 bridgehead atoms. The summed E-state index contributed by atoms with van der Waals surface area (Å²) in [6.07, 6.45) is -5.13. The fourth-order valence-corrected chi connectivity index (χ4v) is 3.58. The summed E-state index contributed by atoms with van der Waals surface area (Å²) in [5.41, 5.74) is 0.725. The Kier molecular flexibility index (Phi) is 5.66. The van der Waals surface area contributed by atoms with Gasteiger partial charge in [0.05, 0.1) is 22.5 Å². The standard InChI is InChI=1S/C26H23F3N2O2/c1-25(2,3)33-24(32)30(21-12-8-5-9-13-21)31-22-15-14-20(26(27,28)29)16-19(22)17-23(31)18-10-6-4-7-11-18/h4-17H,1-3H3. The topological polar surface area (TPSA) is 34.5 Å². The minimum atomic E-state index is -4.48. The molecule has 1 heterocycles. The Morgan fingerprint density at radius 3 is 2.03 bits per heavy atom. The third-order valence-corrected chi connectivity index (χ3v) is 4.94. The summed E-state index contributed by atoms with van der Waals surface area (Å²) >= 11 is 0. The number of para-hydroxylation sites is 1. The molecule has 4 aromatic rings. The molecule has 7 heteroatoms. The first-order valence-corrected chi connectivity index (χ1v) is 10.4. The summed E-state index contributed by atoms with van der Waals surface area (Å²) in [6.45, 7) is 5.28. The van der Waals surface area contributed by atoms with Gasteiger partial charge < -0.3 is 4.74 Å². The smallest absolute Gasteiger partial charge is 0.434 e. The molecule has 0 aliphatic heterocycles. The van der Waals surface area contributed by atoms with Crippen molar-refractivity contribution in [3.63, 3.8) is 0 Å². The minimum Gasteiger partial charge on any atom is -0.442 e. The Labute approximate surface area is 189 Å². The lowest BCUT2D eigenvalue weighted by Gasteiger charge is -2.30. The van der Waals surface area contributed by atoms with Crippen LogP contribution in [0.25, 0.3) is 22.2 Å². The zero-order chi connectivity index (χ0) is 23.8. The highest BCUT2D eigenvalue weighted by Gasteiger charge is 2.32. The highest BCUT2D eigenvalue weighted by Crippen LogP contribution is 2.36. The van der Waals surface area contributed by atoms with E-state index < -0.39 is 23.4 Å². The molecule has 4 rings (SSSR count). The van der Waals surface area contributed by atoms with Gasteiger partial charge in [0.25, 0.3) is 0 Å². The molecule has 0 spiro atoms. The SMILES string of the molecule is CC(C)(C)OC(=O)N(c1ccccc1)n1c(-c2ccccc2)cc2cc(C(F)(F)F)ccc21. The number of halogens is 3. The number of benzene rings is 3. The first-order chi connectivity index (χ1) is 15.5. The van der Waals surface area contributed by atoms with Crippen LogP contribution >= 0.6 is 0 Å². The number of ether oxygens (including phenoxy) is 1. The molecular formula is C26H23F3N2O2. The van der Waals surface area contributed by atoms with Crippen LogP contribution in [0.5, 0.6) is 0 Å². The van der Waals surface area contributed by atoms with Gasteiger partial charge in [-0.3, -0.25) is 0 Å². The van der Waals surface area contributed by atoms with Crippen molar-refractivity contribution in [2.24, 2.45) is 0 Å². The predicted octanol–water partition coefficient (Wildman–Crippen LogP) is 7.53. The second-order valence-electron chi connectivity index (χ2n) is 8.61. The van der Waals surface area contributed by atoms with E-state index in [2.05, 4.69) is 0 Å². The molecule has 0 aliphatic rings. The van der Waals surface area contributed by atoms with Crippen LogP contribution in [-0.2, 0) is 10.9 Å². The molecule has 4 nitrogen and oxygen atoms in total. The molecule has 0 saturated carbocycles. The third-order valence-electron chi connectivity index (χ3n) is 4.94. The highest BCUT2D eigenvalue weighted by molar-refractivity contribution is 5.95. The molecule has 33 heavy (non-hydrogen) atoms. The largest absolute Gasteiger partial charge is 0.442 e. The summed E-state index contributed by atoms with van der Waals surface area (Å²) < 4.78 is 47.5. The van der Waals surface area contributed by atoms with Gasteiger partial charge in [0.1, 0.15) is 5.60 Å². The number of alkyl halides is 3. The number of carbonyl (C=O) groups excluding carboxylic acids is 1. The van der Waals surface area contributed by atoms with E-state index in [0.29, 0.717) is 22.3 Å². The van der Waals surface area contributed by atoms with Crippen LogP contribution in [0, 0.1) is 0 Å². The Morgan fingerprint density at radius 2 is 1.45 bits per heavy atom. The summed E-state index contributed by atoms with van der Waals surface area (Å²) in [5.74, 6) is 0. The number of carbonyl (C=O) groups is 1. The summed E-state index contributed by atoms with van der Waals surface area (Å²) in [7, 11) is 0. The number of amides is 1. The Bertz CT molecular complexity index is 1270. The van der Waals surface area contributed by atoms with Gasteiger partial charge in [0, 0.05) is 10.9 Å². The molecule has 1 amide bonds. The second-order valence-corrected chi connectivity index (χ2v) is 8.61. The lowest BCUT2D eigenvalue weighted by molar-refractivity contribution is -0.137. The number of nitrogens with zero attached hydrogens (tertiary/aromatic N) is 2. The zero-order valence-electron chi connectivity index (χ0n) is 18.4. The number of hydrogen-bond donors (Lipinski definition) is 0. The third kappa shape index (κ3) is 4.72. The Balaban J connectivity index is 2.01. The maximum Gasteiger partial charge on any atom is 0.434 e. The van der Waals surface area contributed by atoms with Gasteiger partial charge in [-0.1, -0.05) is 48.5 Å². The van der Waals surface area contributed by atoms with Crippen molar-refractivity contribution in [1.29, 1.82) is 0 Å². The normalized spacial score (nSPS) is 12.1. The van der Waals surface area contributed by atoms with Gasteiger partial charge in [0.15, 0.2) is 0 Å². The first kappa shape index (κ1) is 22.5. The van der Waals surface area contributed by atoms with Crippen LogP contribution < -0.4 is 5.01 Å². The molecule has 170 valence electrons. The van der Waals surface area contributed by atoms with Crippen LogP contribution in [0.15, 0.2) is 84.9 Å². The van der Waals surface area contributed by atoms with E-state index in [1.807, 2.05) is 36.4 Å². The number of fused-ring (bicyclic) bond motifs is 1. The van der Waals surface area contributed by atoms with E-state index in [0.717, 1.165) is 17.7 Å². The van der Waals surface area contributed by atoms with Crippen molar-refractivity contribution >= 4 is 22.7 Å². The van der Waals surface area contributed by atoms with Gasteiger partial charge >= 0.3 is 12.3 Å². The van der Waals surface area contributed by atoms with Crippen molar-refractivity contribution in [2.75, 3.05) is 5.01 Å². The van der Waals surface area contributed by atoms with Crippen LogP contribution in [0.3, 0.4) is 0 Å². The Morgan fingerprint density at radius 1 is 0.848 bits per heavy atom. The number of rotatable bonds is 3. The first-order valence-electron chi connectivity index (χ1n) is 10.4. The maximum absolute atomic E-state index is 13.4. The average Bonchev–Trinajstić information content (AvgIpc) is 3.12. The monoisotopic (exact) mass is 452 g/mol. The molecule has 0 aliphatic carbocycles. The van der Waals surface area contributed by atoms with E-state index in [4.69, 9.17) is 4.74 Å². The van der Waals surface area contributed by atoms with Gasteiger partial charge in [-0.05, 0) is 57.2 Å². The van der Waals surface area contributed by atoms with Crippen molar-refractivity contribution in [3.05, 3.63) is 90.5 Å².